The summed E-state index contributed by atoms with van der Waals surface area (Å²) in [6.07, 6.45) is 2.90. The Morgan fingerprint density at radius 2 is 2.19 bits per heavy atom. The Hall–Kier alpha value is -2.80. The van der Waals surface area contributed by atoms with Gasteiger partial charge in [0, 0.05) is 25.8 Å². The molecule has 3 rings (SSSR count). The van der Waals surface area contributed by atoms with E-state index in [0.717, 1.165) is 24.7 Å². The molecule has 1 unspecified atom stereocenters. The van der Waals surface area contributed by atoms with Crippen LogP contribution in [-0.2, 0) is 11.3 Å². The molecular formula is C19H21NO6. The van der Waals surface area contributed by atoms with Crippen LogP contribution in [-0.4, -0.2) is 48.2 Å². The van der Waals surface area contributed by atoms with Crippen molar-refractivity contribution in [2.75, 3.05) is 20.3 Å². The number of hydrogen-bond donors (Lipinski definition) is 1. The second-order valence-corrected chi connectivity index (χ2v) is 6.18. The molecule has 1 atom stereocenters. The average molecular weight is 359 g/mol. The van der Waals surface area contributed by atoms with E-state index in [9.17, 15) is 9.59 Å². The minimum atomic E-state index is -1.13. The molecule has 0 aliphatic carbocycles. The van der Waals surface area contributed by atoms with Crippen LogP contribution in [0.3, 0.4) is 0 Å². The number of carboxylic acid groups (broad SMARTS) is 1. The van der Waals surface area contributed by atoms with Gasteiger partial charge in [-0.05, 0) is 30.5 Å². The quantitative estimate of drug-likeness (QED) is 0.818. The number of carbonyl (C=O) groups excluding carboxylic acids is 1. The molecule has 1 aliphatic heterocycles. The van der Waals surface area contributed by atoms with Crippen molar-refractivity contribution in [2.24, 2.45) is 0 Å². The molecule has 1 aromatic carbocycles. The molecule has 1 N–H and O–H groups in total. The molecule has 138 valence electrons. The van der Waals surface area contributed by atoms with Crippen LogP contribution < -0.4 is 4.74 Å². The van der Waals surface area contributed by atoms with Gasteiger partial charge in [-0.3, -0.25) is 4.79 Å². The summed E-state index contributed by atoms with van der Waals surface area (Å²) in [6.45, 7) is 1.45. The number of rotatable bonds is 7. The van der Waals surface area contributed by atoms with E-state index in [0.29, 0.717) is 25.4 Å². The van der Waals surface area contributed by atoms with Gasteiger partial charge in [-0.1, -0.05) is 12.1 Å². The lowest BCUT2D eigenvalue weighted by Crippen LogP contribution is -2.36. The van der Waals surface area contributed by atoms with Crippen LogP contribution in [0.2, 0.25) is 0 Å². The molecule has 0 radical (unpaired) electrons. The van der Waals surface area contributed by atoms with Crippen molar-refractivity contribution in [3.05, 3.63) is 53.5 Å². The monoisotopic (exact) mass is 359 g/mol. The Bertz CT molecular complexity index is 778. The van der Waals surface area contributed by atoms with Crippen molar-refractivity contribution in [1.29, 1.82) is 0 Å². The Labute approximate surface area is 151 Å². The van der Waals surface area contributed by atoms with Crippen molar-refractivity contribution < 1.29 is 28.6 Å². The van der Waals surface area contributed by atoms with Gasteiger partial charge in [0.15, 0.2) is 5.76 Å². The first kappa shape index (κ1) is 18.0. The molecule has 2 aromatic rings. The molecule has 0 spiro atoms. The average Bonchev–Trinajstić information content (AvgIpc) is 3.32. The van der Waals surface area contributed by atoms with Crippen molar-refractivity contribution in [3.8, 4) is 5.75 Å². The zero-order valence-electron chi connectivity index (χ0n) is 14.5. The zero-order chi connectivity index (χ0) is 18.5. The third-order valence-corrected chi connectivity index (χ3v) is 4.30. The highest BCUT2D eigenvalue weighted by Crippen LogP contribution is 2.20. The van der Waals surface area contributed by atoms with Gasteiger partial charge in [0.1, 0.15) is 12.0 Å². The van der Waals surface area contributed by atoms with Gasteiger partial charge in [0.2, 0.25) is 0 Å². The van der Waals surface area contributed by atoms with E-state index >= 15 is 0 Å². The van der Waals surface area contributed by atoms with Gasteiger partial charge in [0.25, 0.3) is 5.91 Å². The number of methoxy groups -OCH3 is 1. The van der Waals surface area contributed by atoms with E-state index in [4.69, 9.17) is 19.0 Å². The maximum absolute atomic E-state index is 12.9. The van der Waals surface area contributed by atoms with E-state index < -0.39 is 5.97 Å². The molecule has 1 saturated heterocycles. The number of carbonyl (C=O) groups is 2. The number of nitrogens with zero attached hydrogens (tertiary/aromatic N) is 1. The predicted octanol–water partition coefficient (Wildman–Crippen LogP) is 2.81. The highest BCUT2D eigenvalue weighted by atomic mass is 16.5. The number of furan rings is 1. The van der Waals surface area contributed by atoms with Gasteiger partial charge >= 0.3 is 5.97 Å². The topological polar surface area (TPSA) is 89.2 Å². The molecule has 7 heteroatoms. The summed E-state index contributed by atoms with van der Waals surface area (Å²) in [6, 6.07) is 8.71. The first-order chi connectivity index (χ1) is 12.6. The van der Waals surface area contributed by atoms with Crippen LogP contribution in [0, 0.1) is 0 Å². The normalized spacial score (nSPS) is 16.4. The van der Waals surface area contributed by atoms with Crippen molar-refractivity contribution >= 4 is 11.9 Å². The maximum Gasteiger partial charge on any atom is 0.338 e. The fraction of sp³-hybridized carbons (Fsp3) is 0.368. The first-order valence-corrected chi connectivity index (χ1v) is 8.42. The summed E-state index contributed by atoms with van der Waals surface area (Å²) in [4.78, 5) is 25.5. The minimum absolute atomic E-state index is 0.00305. The van der Waals surface area contributed by atoms with E-state index in [2.05, 4.69) is 0 Å². The van der Waals surface area contributed by atoms with Crippen molar-refractivity contribution in [3.63, 3.8) is 0 Å². The van der Waals surface area contributed by atoms with Gasteiger partial charge < -0.3 is 23.9 Å². The molecule has 1 amide bonds. The van der Waals surface area contributed by atoms with Crippen LogP contribution in [0.25, 0.3) is 0 Å². The van der Waals surface area contributed by atoms with Crippen LogP contribution in [0.15, 0.2) is 41.0 Å². The molecule has 26 heavy (non-hydrogen) atoms. The number of amides is 1. The summed E-state index contributed by atoms with van der Waals surface area (Å²) in [7, 11) is 1.59. The third-order valence-electron chi connectivity index (χ3n) is 4.30. The lowest BCUT2D eigenvalue weighted by Gasteiger charge is -2.25. The van der Waals surface area contributed by atoms with Crippen molar-refractivity contribution in [2.45, 2.75) is 25.5 Å². The van der Waals surface area contributed by atoms with Crippen LogP contribution in [0.1, 0.15) is 39.3 Å². The number of benzene rings is 1. The van der Waals surface area contributed by atoms with E-state index in [-0.39, 0.29) is 23.3 Å². The van der Waals surface area contributed by atoms with Gasteiger partial charge in [-0.2, -0.15) is 0 Å². The Morgan fingerprint density at radius 1 is 1.35 bits per heavy atom. The second-order valence-electron chi connectivity index (χ2n) is 6.18. The summed E-state index contributed by atoms with van der Waals surface area (Å²) < 4.78 is 16.1. The standard InChI is InChI=1S/C19H21NO6/c1-24-15-5-2-4-13(8-15)10-20(11-16-6-3-7-25-16)18(21)17-9-14(12-26-17)19(22)23/h2,4-5,8-9,12,16H,3,6-7,10-11H2,1H3,(H,22,23). The van der Waals surface area contributed by atoms with Gasteiger partial charge in [-0.25, -0.2) is 4.79 Å². The lowest BCUT2D eigenvalue weighted by molar-refractivity contribution is 0.0483. The number of carboxylic acids is 1. The number of aromatic carboxylic acids is 1. The zero-order valence-corrected chi connectivity index (χ0v) is 14.5. The summed E-state index contributed by atoms with van der Waals surface area (Å²) in [5.41, 5.74) is 0.854. The molecule has 2 heterocycles. The molecule has 1 aromatic heterocycles. The highest BCUT2D eigenvalue weighted by molar-refractivity contribution is 5.95. The largest absolute Gasteiger partial charge is 0.497 e. The summed E-state index contributed by atoms with van der Waals surface area (Å²) >= 11 is 0. The molecule has 1 aliphatic rings. The molecule has 0 bridgehead atoms. The highest BCUT2D eigenvalue weighted by Gasteiger charge is 2.26. The van der Waals surface area contributed by atoms with Gasteiger partial charge in [0.05, 0.1) is 18.8 Å². The third kappa shape index (κ3) is 4.23. The smallest absolute Gasteiger partial charge is 0.338 e. The maximum atomic E-state index is 12.9. The molecule has 0 saturated carbocycles. The predicted molar refractivity (Wildman–Crippen MR) is 92.4 cm³/mol. The fourth-order valence-electron chi connectivity index (χ4n) is 2.96. The first-order valence-electron chi connectivity index (χ1n) is 8.42. The van der Waals surface area contributed by atoms with E-state index in [1.54, 1.807) is 12.0 Å². The van der Waals surface area contributed by atoms with Crippen LogP contribution in [0.4, 0.5) is 0 Å². The molecule has 1 fully saturated rings. The fourth-order valence-corrected chi connectivity index (χ4v) is 2.96. The summed E-state index contributed by atoms with van der Waals surface area (Å²) in [5, 5.41) is 9.02. The summed E-state index contributed by atoms with van der Waals surface area (Å²) in [5.74, 6) is -0.788. The molecule has 7 nitrogen and oxygen atoms in total. The molecular weight excluding hydrogens is 338 g/mol. The van der Waals surface area contributed by atoms with E-state index in [1.807, 2.05) is 24.3 Å². The number of hydrogen-bond acceptors (Lipinski definition) is 5. The Morgan fingerprint density at radius 3 is 2.85 bits per heavy atom. The van der Waals surface area contributed by atoms with Gasteiger partial charge in [-0.15, -0.1) is 0 Å². The minimum Gasteiger partial charge on any atom is -0.497 e. The lowest BCUT2D eigenvalue weighted by atomic mass is 10.1. The van der Waals surface area contributed by atoms with Crippen LogP contribution >= 0.6 is 0 Å². The Balaban J connectivity index is 1.81. The van der Waals surface area contributed by atoms with Crippen molar-refractivity contribution in [1.82, 2.24) is 4.90 Å². The number of ether oxygens (including phenoxy) is 2. The van der Waals surface area contributed by atoms with E-state index in [1.165, 1.54) is 6.07 Å². The van der Waals surface area contributed by atoms with Crippen LogP contribution in [0.5, 0.6) is 5.75 Å². The SMILES string of the molecule is COc1cccc(CN(CC2CCCO2)C(=O)c2cc(C(=O)O)co2)c1. The Kier molecular flexibility index (Phi) is 5.58. The second kappa shape index (κ2) is 8.05.